The van der Waals surface area contributed by atoms with Crippen molar-refractivity contribution in [1.29, 1.82) is 0 Å². The first kappa shape index (κ1) is 17.0. The predicted octanol–water partition coefficient (Wildman–Crippen LogP) is 3.12. The second-order valence-electron chi connectivity index (χ2n) is 6.30. The first-order chi connectivity index (χ1) is 10.7. The molecule has 0 N–H and O–H groups in total. The number of ether oxygens (including phenoxy) is 2. The smallest absolute Gasteiger partial charge is 0.410 e. The molecule has 1 aromatic carbocycles. The Hall–Kier alpha value is -2.38. The van der Waals surface area contributed by atoms with Gasteiger partial charge in [-0.25, -0.2) is 4.79 Å². The summed E-state index contributed by atoms with van der Waals surface area (Å²) in [6.45, 7) is 5.96. The van der Waals surface area contributed by atoms with Gasteiger partial charge in [0.1, 0.15) is 11.7 Å². The van der Waals surface area contributed by atoms with E-state index in [2.05, 4.69) is 0 Å². The van der Waals surface area contributed by atoms with Gasteiger partial charge in [0.15, 0.2) is 0 Å². The number of carbonyl (C=O) groups excluding carboxylic acids is 1. The minimum absolute atomic E-state index is 0.133. The van der Waals surface area contributed by atoms with Crippen molar-refractivity contribution in [3.8, 4) is 5.75 Å². The quantitative estimate of drug-likeness (QED) is 0.629. The lowest BCUT2D eigenvalue weighted by Crippen LogP contribution is -2.36. The van der Waals surface area contributed by atoms with Crippen LogP contribution in [0.25, 0.3) is 0 Å². The molecule has 2 rings (SSSR count). The molecular formula is C15H19FN2O5. The molecule has 1 fully saturated rings. The summed E-state index contributed by atoms with van der Waals surface area (Å²) in [5.41, 5.74) is -1.29. The number of amides is 1. The second-order valence-corrected chi connectivity index (χ2v) is 6.30. The highest BCUT2D eigenvalue weighted by Gasteiger charge is 2.32. The molecule has 0 aliphatic carbocycles. The summed E-state index contributed by atoms with van der Waals surface area (Å²) >= 11 is 0. The average Bonchev–Trinajstić information content (AvgIpc) is 2.85. The normalized spacial score (nSPS) is 17.9. The number of nitro groups is 1. The van der Waals surface area contributed by atoms with Crippen LogP contribution >= 0.6 is 0 Å². The van der Waals surface area contributed by atoms with Crippen LogP contribution in [-0.2, 0) is 4.74 Å². The number of benzene rings is 1. The molecule has 1 amide bonds. The molecule has 0 radical (unpaired) electrons. The SMILES string of the molecule is CC(C)(C)OC(=O)N1CC[C@@H](Oc2cccc(F)c2[N+](=O)[O-])C1. The number of carbonyl (C=O) groups is 1. The molecule has 0 bridgehead atoms. The van der Waals surface area contributed by atoms with E-state index >= 15 is 0 Å². The molecule has 126 valence electrons. The average molecular weight is 326 g/mol. The van der Waals surface area contributed by atoms with Crippen molar-refractivity contribution in [2.24, 2.45) is 0 Å². The Balaban J connectivity index is 2.03. The molecule has 1 aromatic rings. The zero-order chi connectivity index (χ0) is 17.2. The molecule has 0 aromatic heterocycles. The Morgan fingerprint density at radius 1 is 1.43 bits per heavy atom. The van der Waals surface area contributed by atoms with Crippen molar-refractivity contribution in [2.75, 3.05) is 13.1 Å². The van der Waals surface area contributed by atoms with Gasteiger partial charge in [-0.05, 0) is 32.9 Å². The highest BCUT2D eigenvalue weighted by Crippen LogP contribution is 2.31. The third kappa shape index (κ3) is 4.30. The maximum atomic E-state index is 13.6. The van der Waals surface area contributed by atoms with Gasteiger partial charge in [-0.15, -0.1) is 0 Å². The first-order valence-electron chi connectivity index (χ1n) is 7.25. The maximum absolute atomic E-state index is 13.6. The van der Waals surface area contributed by atoms with Crippen molar-refractivity contribution < 1.29 is 23.6 Å². The van der Waals surface area contributed by atoms with Gasteiger partial charge in [0.05, 0.1) is 11.5 Å². The minimum Gasteiger partial charge on any atom is -0.481 e. The van der Waals surface area contributed by atoms with Crippen LogP contribution in [0.4, 0.5) is 14.9 Å². The van der Waals surface area contributed by atoms with Crippen LogP contribution in [0.5, 0.6) is 5.75 Å². The molecule has 1 aliphatic rings. The van der Waals surface area contributed by atoms with Crippen molar-refractivity contribution in [3.63, 3.8) is 0 Å². The van der Waals surface area contributed by atoms with E-state index < -0.39 is 34.2 Å². The van der Waals surface area contributed by atoms with E-state index in [9.17, 15) is 19.3 Å². The number of hydrogen-bond donors (Lipinski definition) is 0. The zero-order valence-corrected chi connectivity index (χ0v) is 13.2. The van der Waals surface area contributed by atoms with Gasteiger partial charge in [0.2, 0.25) is 11.6 Å². The van der Waals surface area contributed by atoms with Crippen LogP contribution < -0.4 is 4.74 Å². The minimum atomic E-state index is -0.950. The third-order valence-electron chi connectivity index (χ3n) is 3.22. The van der Waals surface area contributed by atoms with E-state index in [4.69, 9.17) is 9.47 Å². The summed E-state index contributed by atoms with van der Waals surface area (Å²) in [6, 6.07) is 3.70. The molecule has 1 aliphatic heterocycles. The molecule has 7 nitrogen and oxygen atoms in total. The molecule has 0 unspecified atom stereocenters. The van der Waals surface area contributed by atoms with Gasteiger partial charge in [-0.2, -0.15) is 4.39 Å². The highest BCUT2D eigenvalue weighted by atomic mass is 19.1. The van der Waals surface area contributed by atoms with E-state index in [1.165, 1.54) is 17.0 Å². The van der Waals surface area contributed by atoms with Crippen LogP contribution in [0.2, 0.25) is 0 Å². The third-order valence-corrected chi connectivity index (χ3v) is 3.22. The molecule has 1 atom stereocenters. The van der Waals surface area contributed by atoms with Crippen LogP contribution in [0, 0.1) is 15.9 Å². The van der Waals surface area contributed by atoms with Gasteiger partial charge in [-0.1, -0.05) is 6.07 Å². The van der Waals surface area contributed by atoms with Gasteiger partial charge in [0.25, 0.3) is 0 Å². The lowest BCUT2D eigenvalue weighted by molar-refractivity contribution is -0.388. The monoisotopic (exact) mass is 326 g/mol. The molecule has 1 heterocycles. The van der Waals surface area contributed by atoms with E-state index in [0.29, 0.717) is 13.0 Å². The van der Waals surface area contributed by atoms with Crippen molar-refractivity contribution in [1.82, 2.24) is 4.90 Å². The van der Waals surface area contributed by atoms with Crippen LogP contribution in [0.3, 0.4) is 0 Å². The summed E-state index contributed by atoms with van der Waals surface area (Å²) in [7, 11) is 0. The Labute approximate surface area is 133 Å². The number of hydrogen-bond acceptors (Lipinski definition) is 5. The lowest BCUT2D eigenvalue weighted by Gasteiger charge is -2.24. The Kier molecular flexibility index (Phi) is 4.72. The highest BCUT2D eigenvalue weighted by molar-refractivity contribution is 5.68. The number of likely N-dealkylation sites (tertiary alicyclic amines) is 1. The standard InChI is InChI=1S/C15H19FN2O5/c1-15(2,3)23-14(19)17-8-7-10(9-17)22-12-6-4-5-11(16)13(12)18(20)21/h4-6,10H,7-9H2,1-3H3/t10-/m1/s1. The largest absolute Gasteiger partial charge is 0.481 e. The molecule has 0 spiro atoms. The first-order valence-corrected chi connectivity index (χ1v) is 7.25. The maximum Gasteiger partial charge on any atom is 0.410 e. The van der Waals surface area contributed by atoms with E-state index in [-0.39, 0.29) is 12.3 Å². The summed E-state index contributed by atoms with van der Waals surface area (Å²) < 4.78 is 24.4. The number of para-hydroxylation sites is 1. The molecule has 23 heavy (non-hydrogen) atoms. The summed E-state index contributed by atoms with van der Waals surface area (Å²) in [4.78, 5) is 23.6. The molecule has 8 heteroatoms. The summed E-state index contributed by atoms with van der Waals surface area (Å²) in [5.74, 6) is -1.08. The Morgan fingerprint density at radius 3 is 2.74 bits per heavy atom. The van der Waals surface area contributed by atoms with Gasteiger partial charge < -0.3 is 14.4 Å². The molecule has 1 saturated heterocycles. The van der Waals surface area contributed by atoms with Crippen LogP contribution in [0.1, 0.15) is 27.2 Å². The predicted molar refractivity (Wildman–Crippen MR) is 79.9 cm³/mol. The number of nitrogens with zero attached hydrogens (tertiary/aromatic N) is 2. The van der Waals surface area contributed by atoms with E-state index in [0.717, 1.165) is 6.07 Å². The van der Waals surface area contributed by atoms with Gasteiger partial charge in [0, 0.05) is 13.0 Å². The van der Waals surface area contributed by atoms with Crippen molar-refractivity contribution in [3.05, 3.63) is 34.1 Å². The lowest BCUT2D eigenvalue weighted by atomic mass is 10.2. The van der Waals surface area contributed by atoms with Crippen LogP contribution in [-0.4, -0.2) is 40.7 Å². The summed E-state index contributed by atoms with van der Waals surface area (Å²) in [6.07, 6.45) is -0.409. The molecular weight excluding hydrogens is 307 g/mol. The fourth-order valence-corrected chi connectivity index (χ4v) is 2.26. The fourth-order valence-electron chi connectivity index (χ4n) is 2.26. The summed E-state index contributed by atoms with van der Waals surface area (Å²) in [5, 5.41) is 10.9. The number of halogens is 1. The Morgan fingerprint density at radius 2 is 2.13 bits per heavy atom. The van der Waals surface area contributed by atoms with Gasteiger partial charge in [-0.3, -0.25) is 10.1 Å². The second kappa shape index (κ2) is 6.39. The number of nitro benzene ring substituents is 1. The zero-order valence-electron chi connectivity index (χ0n) is 13.2. The van der Waals surface area contributed by atoms with E-state index in [1.54, 1.807) is 20.8 Å². The van der Waals surface area contributed by atoms with Crippen molar-refractivity contribution in [2.45, 2.75) is 38.9 Å². The van der Waals surface area contributed by atoms with Crippen LogP contribution in [0.15, 0.2) is 18.2 Å². The fraction of sp³-hybridized carbons (Fsp3) is 0.533. The van der Waals surface area contributed by atoms with Crippen molar-refractivity contribution >= 4 is 11.8 Å². The van der Waals surface area contributed by atoms with E-state index in [1.807, 2.05) is 0 Å². The number of rotatable bonds is 3. The van der Waals surface area contributed by atoms with Gasteiger partial charge >= 0.3 is 11.8 Å². The topological polar surface area (TPSA) is 81.9 Å². The Bertz CT molecular complexity index is 614. The molecule has 0 saturated carbocycles.